The van der Waals surface area contributed by atoms with Gasteiger partial charge in [0, 0.05) is 6.07 Å². The van der Waals surface area contributed by atoms with E-state index in [1.807, 2.05) is 19.1 Å². The van der Waals surface area contributed by atoms with Crippen LogP contribution in [0.3, 0.4) is 0 Å². The van der Waals surface area contributed by atoms with Crippen LogP contribution in [0.25, 0.3) is 10.9 Å². The monoisotopic (exact) mass is 571 g/mol. The van der Waals surface area contributed by atoms with Crippen LogP contribution in [0.4, 0.5) is 4.39 Å². The maximum atomic E-state index is 14.0. The molecule has 1 fully saturated rings. The normalized spacial score (nSPS) is 13.9. The van der Waals surface area contributed by atoms with Crippen molar-refractivity contribution in [2.75, 3.05) is 7.11 Å². The van der Waals surface area contributed by atoms with Crippen molar-refractivity contribution in [3.05, 3.63) is 82.9 Å². The van der Waals surface area contributed by atoms with E-state index in [-0.39, 0.29) is 21.3 Å². The van der Waals surface area contributed by atoms with Gasteiger partial charge in [0.1, 0.15) is 23.1 Å². The Morgan fingerprint density at radius 3 is 2.38 bits per heavy atom. The second kappa shape index (κ2) is 11.8. The molecule has 39 heavy (non-hydrogen) atoms. The van der Waals surface area contributed by atoms with Gasteiger partial charge in [0.05, 0.1) is 43.7 Å². The fourth-order valence-corrected chi connectivity index (χ4v) is 6.77. The van der Waals surface area contributed by atoms with Crippen LogP contribution in [0.5, 0.6) is 11.6 Å². The van der Waals surface area contributed by atoms with Gasteiger partial charge in [-0.2, -0.15) is 0 Å². The number of fused-ring (bicyclic) bond motifs is 1. The average Bonchev–Trinajstić information content (AvgIpc) is 3.71. The lowest BCUT2D eigenvalue weighted by atomic mass is 10.1. The third kappa shape index (κ3) is 6.97. The minimum absolute atomic E-state index is 0.0851. The largest absolute Gasteiger partial charge is 0.744 e. The molecular weight excluding hydrogens is 541 g/mol. The van der Waals surface area contributed by atoms with E-state index in [9.17, 15) is 17.4 Å². The van der Waals surface area contributed by atoms with Crippen LogP contribution in [0.1, 0.15) is 35.1 Å². The van der Waals surface area contributed by atoms with E-state index in [2.05, 4.69) is 22.1 Å². The van der Waals surface area contributed by atoms with Crippen molar-refractivity contribution in [2.24, 2.45) is 0 Å². The van der Waals surface area contributed by atoms with Gasteiger partial charge >= 0.3 is 0 Å². The molecule has 1 heterocycles. The molecule has 1 atom stereocenters. The van der Waals surface area contributed by atoms with Crippen LogP contribution in [-0.2, 0) is 27.4 Å². The Kier molecular flexibility index (Phi) is 8.63. The highest BCUT2D eigenvalue weighted by molar-refractivity contribution is 7.86. The molecule has 1 aliphatic rings. The molecule has 11 heteroatoms. The van der Waals surface area contributed by atoms with Crippen molar-refractivity contribution in [1.29, 1.82) is 0 Å². The molecule has 206 valence electrons. The number of methoxy groups -OCH3 is 1. The Morgan fingerprint density at radius 2 is 1.77 bits per heavy atom. The van der Waals surface area contributed by atoms with Crippen molar-refractivity contribution in [1.82, 2.24) is 9.97 Å². The molecule has 5 rings (SSSR count). The van der Waals surface area contributed by atoms with Gasteiger partial charge < -0.3 is 14.0 Å². The lowest BCUT2D eigenvalue weighted by Crippen LogP contribution is -2.36. The van der Waals surface area contributed by atoms with Crippen molar-refractivity contribution in [3.63, 3.8) is 0 Å². The van der Waals surface area contributed by atoms with Crippen LogP contribution in [-0.4, -0.2) is 35.3 Å². The van der Waals surface area contributed by atoms with E-state index in [1.165, 1.54) is 38.4 Å². The second-order valence-corrected chi connectivity index (χ2v) is 12.6. The molecule has 0 bridgehead atoms. The first-order valence-corrected chi connectivity index (χ1v) is 14.9. The van der Waals surface area contributed by atoms with Gasteiger partial charge in [-0.15, -0.1) is 0 Å². The summed E-state index contributed by atoms with van der Waals surface area (Å²) in [5, 5.41) is 1.13. The average molecular weight is 572 g/mol. The summed E-state index contributed by atoms with van der Waals surface area (Å²) >= 11 is 0. The number of benzene rings is 3. The predicted molar refractivity (Wildman–Crippen MR) is 146 cm³/mol. The van der Waals surface area contributed by atoms with E-state index >= 15 is 0 Å². The molecule has 2 N–H and O–H groups in total. The minimum atomic E-state index is -4.33. The molecule has 0 saturated heterocycles. The fraction of sp³-hybridized carbons (Fsp3) is 0.286. The molecule has 0 aliphatic heterocycles. The van der Waals surface area contributed by atoms with E-state index in [1.54, 1.807) is 26.0 Å². The maximum Gasteiger partial charge on any atom is 0.224 e. The van der Waals surface area contributed by atoms with Gasteiger partial charge in [0.2, 0.25) is 5.88 Å². The highest BCUT2D eigenvalue weighted by Gasteiger charge is 2.30. The summed E-state index contributed by atoms with van der Waals surface area (Å²) in [4.78, 5) is 9.37. The van der Waals surface area contributed by atoms with Crippen LogP contribution < -0.4 is 14.3 Å². The number of aryl methyl sites for hydroxylation is 3. The molecule has 0 spiro atoms. The van der Waals surface area contributed by atoms with Gasteiger partial charge in [0.25, 0.3) is 0 Å². The van der Waals surface area contributed by atoms with Crippen molar-refractivity contribution in [2.45, 2.75) is 55.3 Å². The maximum absolute atomic E-state index is 14.0. The van der Waals surface area contributed by atoms with Gasteiger partial charge in [-0.25, -0.2) is 27.6 Å². The first kappa shape index (κ1) is 28.6. The van der Waals surface area contributed by atoms with E-state index < -0.39 is 15.9 Å². The van der Waals surface area contributed by atoms with Gasteiger partial charge in [-0.1, -0.05) is 29.8 Å². The number of hydrogen-bond acceptors (Lipinski definition) is 7. The minimum Gasteiger partial charge on any atom is -0.744 e. The summed E-state index contributed by atoms with van der Waals surface area (Å²) in [5.41, 5.74) is 3.58. The Morgan fingerprint density at radius 1 is 1.08 bits per heavy atom. The molecule has 8 nitrogen and oxygen atoms in total. The van der Waals surface area contributed by atoms with Gasteiger partial charge in [-0.3, -0.25) is 0 Å². The highest BCUT2D eigenvalue weighted by atomic mass is 32.2. The smallest absolute Gasteiger partial charge is 0.224 e. The van der Waals surface area contributed by atoms with Crippen LogP contribution in [0, 0.1) is 26.6 Å². The van der Waals surface area contributed by atoms with E-state index in [0.717, 1.165) is 16.0 Å². The third-order valence-electron chi connectivity index (χ3n) is 6.16. The standard InChI is InChI=1S/C19H18FN3O2S.C9H12O3S/c1-24-18-9-17-15(8-16(18)20)19(23-11-22-17)25-10-12-3-2-4-14(7-12)26(21)13-5-6-13;1-6-4-7(2)9(8(3)5-6)13(10,11)12/h2-4,7-9,11,13,21H,5-6,10H2,1H3;4-5H,1-3H3,(H,10,11,12). The lowest BCUT2D eigenvalue weighted by molar-refractivity contribution is -0.0760. The fourth-order valence-electron chi connectivity index (χ4n) is 4.31. The van der Waals surface area contributed by atoms with Crippen molar-refractivity contribution >= 4 is 31.7 Å². The summed E-state index contributed by atoms with van der Waals surface area (Å²) in [6.07, 6.45) is 3.82. The zero-order valence-corrected chi connectivity index (χ0v) is 23.7. The number of ether oxygens (including phenoxy) is 2. The summed E-state index contributed by atoms with van der Waals surface area (Å²) in [6.45, 7) is 5.45. The van der Waals surface area contributed by atoms with Gasteiger partial charge in [0.15, 0.2) is 11.6 Å². The third-order valence-corrected chi connectivity index (χ3v) is 9.29. The zero-order chi connectivity index (χ0) is 28.3. The van der Waals surface area contributed by atoms with E-state index in [4.69, 9.17) is 14.3 Å². The summed E-state index contributed by atoms with van der Waals surface area (Å²) in [5.74, 6) is 0.0130. The molecule has 3 aromatic carbocycles. The summed E-state index contributed by atoms with van der Waals surface area (Å²) < 4.78 is 63.7. The van der Waals surface area contributed by atoms with E-state index in [0.29, 0.717) is 39.8 Å². The molecule has 1 aromatic heterocycles. The van der Waals surface area contributed by atoms with Crippen molar-refractivity contribution in [3.8, 4) is 11.6 Å². The molecule has 0 radical (unpaired) electrons. The second-order valence-electron chi connectivity index (χ2n) is 9.37. The number of aromatic nitrogens is 2. The van der Waals surface area contributed by atoms with Gasteiger partial charge in [-0.05, 0) is 68.5 Å². The Bertz CT molecular complexity index is 1630. The molecule has 0 amide bonds. The Balaban J connectivity index is 0.000000229. The predicted octanol–water partition coefficient (Wildman–Crippen LogP) is 3.95. The number of nitrogens with zero attached hydrogens (tertiary/aromatic N) is 2. The van der Waals surface area contributed by atoms with Crippen molar-refractivity contribution < 1.29 is 31.6 Å². The molecule has 4 aromatic rings. The summed E-state index contributed by atoms with van der Waals surface area (Å²) in [7, 11) is -3.12. The number of hydrogen-bond donors (Lipinski definition) is 1. The highest BCUT2D eigenvalue weighted by Crippen LogP contribution is 2.30. The first-order chi connectivity index (χ1) is 18.5. The quantitative estimate of drug-likeness (QED) is 0.333. The zero-order valence-electron chi connectivity index (χ0n) is 22.1. The first-order valence-electron chi connectivity index (χ1n) is 12.2. The SMILES string of the molecule is COc1cc2ncnc(OCc3cccc(S(=[NH2+])C4CC4)c3)c2cc1F.Cc1cc(C)c(S(=O)(=O)[O-])c(C)c1. The summed E-state index contributed by atoms with van der Waals surface area (Å²) in [6, 6.07) is 14.4. The molecule has 1 aliphatic carbocycles. The topological polar surface area (TPSA) is 127 Å². The Labute approximate surface area is 229 Å². The van der Waals surface area contributed by atoms with Crippen LogP contribution in [0.15, 0.2) is 64.6 Å². The number of nitrogens with two attached hydrogens (primary N) is 1. The Hall–Kier alpha value is -3.41. The van der Waals surface area contributed by atoms with Crippen LogP contribution >= 0.6 is 0 Å². The lowest BCUT2D eigenvalue weighted by Gasteiger charge is -2.14. The molecule has 1 saturated carbocycles. The van der Waals surface area contributed by atoms with Crippen LogP contribution in [0.2, 0.25) is 0 Å². The number of rotatable bonds is 7. The molecular formula is C28H30FN3O5S2. The number of halogens is 1. The molecule has 1 unspecified atom stereocenters.